The van der Waals surface area contributed by atoms with Gasteiger partial charge < -0.3 is 9.84 Å². The molecule has 7 heteroatoms. The Bertz CT molecular complexity index is 630. The van der Waals surface area contributed by atoms with Gasteiger partial charge in [0.1, 0.15) is 11.8 Å². The number of cyclic esters (lactones) is 1. The van der Waals surface area contributed by atoms with Gasteiger partial charge in [-0.15, -0.1) is 0 Å². The second-order valence-electron chi connectivity index (χ2n) is 4.39. The van der Waals surface area contributed by atoms with Crippen molar-refractivity contribution in [1.29, 1.82) is 0 Å². The summed E-state index contributed by atoms with van der Waals surface area (Å²) in [6.45, 7) is -0.0496. The van der Waals surface area contributed by atoms with Gasteiger partial charge in [0.2, 0.25) is 0 Å². The highest BCUT2D eigenvalue weighted by molar-refractivity contribution is 5.89. The standard InChI is InChI=1S/C13H12FN3O3/c14-11-6-9(16-7-10(8-18)20-13(16)19)2-3-12(11)17-5-1-4-15-17/h1-6,10,18H,7-8H2/t10-/m0/s1. The van der Waals surface area contributed by atoms with Gasteiger partial charge in [-0.2, -0.15) is 5.10 Å². The SMILES string of the molecule is O=C1O[C@H](CO)CN1c1ccc(-n2cccn2)c(F)c1. The van der Waals surface area contributed by atoms with E-state index in [1.54, 1.807) is 24.5 Å². The van der Waals surface area contributed by atoms with E-state index in [2.05, 4.69) is 5.10 Å². The summed E-state index contributed by atoms with van der Waals surface area (Å²) in [5.74, 6) is -0.494. The molecule has 1 aliphatic rings. The van der Waals surface area contributed by atoms with Crippen LogP contribution in [0, 0.1) is 5.82 Å². The van der Waals surface area contributed by atoms with E-state index in [0.717, 1.165) is 0 Å². The van der Waals surface area contributed by atoms with E-state index in [-0.39, 0.29) is 13.2 Å². The molecular weight excluding hydrogens is 265 g/mol. The van der Waals surface area contributed by atoms with Crippen molar-refractivity contribution in [2.45, 2.75) is 6.10 Å². The van der Waals surface area contributed by atoms with Crippen LogP contribution >= 0.6 is 0 Å². The predicted octanol–water partition coefficient (Wildman–Crippen LogP) is 1.33. The number of aromatic nitrogens is 2. The molecule has 1 aromatic heterocycles. The maximum atomic E-state index is 14.1. The number of halogens is 1. The van der Waals surface area contributed by atoms with Crippen molar-refractivity contribution in [2.75, 3.05) is 18.1 Å². The van der Waals surface area contributed by atoms with Crippen LogP contribution in [0.3, 0.4) is 0 Å². The minimum absolute atomic E-state index is 0.204. The predicted molar refractivity (Wildman–Crippen MR) is 68.2 cm³/mol. The van der Waals surface area contributed by atoms with Crippen LogP contribution in [-0.4, -0.2) is 40.2 Å². The molecule has 0 bridgehead atoms. The van der Waals surface area contributed by atoms with Crippen molar-refractivity contribution in [3.63, 3.8) is 0 Å². The summed E-state index contributed by atoms with van der Waals surface area (Å²) in [6.07, 6.45) is 2.02. The van der Waals surface area contributed by atoms with Gasteiger partial charge in [-0.05, 0) is 24.3 Å². The average Bonchev–Trinajstić information content (AvgIpc) is 3.07. The van der Waals surface area contributed by atoms with Crippen LogP contribution in [0.25, 0.3) is 5.69 Å². The normalized spacial score (nSPS) is 18.4. The van der Waals surface area contributed by atoms with E-state index in [9.17, 15) is 9.18 Å². The van der Waals surface area contributed by atoms with Crippen LogP contribution < -0.4 is 4.90 Å². The number of aliphatic hydroxyl groups excluding tert-OH is 1. The fraction of sp³-hybridized carbons (Fsp3) is 0.231. The summed E-state index contributed by atoms with van der Waals surface area (Å²) in [5.41, 5.74) is 0.685. The van der Waals surface area contributed by atoms with Gasteiger partial charge in [0.05, 0.1) is 18.8 Å². The summed E-state index contributed by atoms with van der Waals surface area (Å²) in [7, 11) is 0. The first-order valence-electron chi connectivity index (χ1n) is 6.07. The summed E-state index contributed by atoms with van der Waals surface area (Å²) in [6, 6.07) is 6.09. The summed E-state index contributed by atoms with van der Waals surface area (Å²) >= 11 is 0. The number of benzene rings is 1. The lowest BCUT2D eigenvalue weighted by Gasteiger charge is -2.14. The zero-order chi connectivity index (χ0) is 14.1. The first kappa shape index (κ1) is 12.6. The lowest BCUT2D eigenvalue weighted by molar-refractivity contribution is 0.0963. The summed E-state index contributed by atoms with van der Waals surface area (Å²) in [5, 5.41) is 12.9. The van der Waals surface area contributed by atoms with Gasteiger partial charge >= 0.3 is 6.09 Å². The third-order valence-corrected chi connectivity index (χ3v) is 3.07. The topological polar surface area (TPSA) is 67.6 Å². The largest absolute Gasteiger partial charge is 0.441 e. The van der Waals surface area contributed by atoms with E-state index in [4.69, 9.17) is 9.84 Å². The van der Waals surface area contributed by atoms with Gasteiger partial charge in [0.25, 0.3) is 0 Å². The van der Waals surface area contributed by atoms with Crippen molar-refractivity contribution in [3.05, 3.63) is 42.5 Å². The second-order valence-corrected chi connectivity index (χ2v) is 4.39. The molecule has 1 aliphatic heterocycles. The fourth-order valence-electron chi connectivity index (χ4n) is 2.09. The van der Waals surface area contributed by atoms with Crippen molar-refractivity contribution >= 4 is 11.8 Å². The number of anilines is 1. The quantitative estimate of drug-likeness (QED) is 0.919. The maximum Gasteiger partial charge on any atom is 0.414 e. The Kier molecular flexibility index (Phi) is 3.11. The van der Waals surface area contributed by atoms with E-state index >= 15 is 0 Å². The molecule has 1 amide bonds. The summed E-state index contributed by atoms with van der Waals surface area (Å²) in [4.78, 5) is 12.9. The van der Waals surface area contributed by atoms with E-state index in [1.165, 1.54) is 21.7 Å². The molecule has 6 nitrogen and oxygen atoms in total. The number of aliphatic hydroxyl groups is 1. The molecule has 3 rings (SSSR count). The zero-order valence-electron chi connectivity index (χ0n) is 10.4. The van der Waals surface area contributed by atoms with Crippen molar-refractivity contribution in [2.24, 2.45) is 0 Å². The van der Waals surface area contributed by atoms with Crippen molar-refractivity contribution in [1.82, 2.24) is 9.78 Å². The average molecular weight is 277 g/mol. The molecular formula is C13H12FN3O3. The second kappa shape index (κ2) is 4.93. The van der Waals surface area contributed by atoms with E-state index < -0.39 is 18.0 Å². The van der Waals surface area contributed by atoms with Gasteiger partial charge in [0, 0.05) is 12.4 Å². The monoisotopic (exact) mass is 277 g/mol. The van der Waals surface area contributed by atoms with E-state index in [0.29, 0.717) is 11.4 Å². The Balaban J connectivity index is 1.89. The Labute approximate surface area is 114 Å². The highest BCUT2D eigenvalue weighted by atomic mass is 19.1. The Morgan fingerprint density at radius 2 is 2.35 bits per heavy atom. The molecule has 1 aromatic carbocycles. The molecule has 0 unspecified atom stereocenters. The number of hydrogen-bond acceptors (Lipinski definition) is 4. The Hall–Kier alpha value is -2.41. The number of carbonyl (C=O) groups excluding carboxylic acids is 1. The van der Waals surface area contributed by atoms with Crippen molar-refractivity contribution < 1.29 is 19.0 Å². The van der Waals surface area contributed by atoms with Crippen LogP contribution in [0.4, 0.5) is 14.9 Å². The molecule has 0 spiro atoms. The zero-order valence-corrected chi connectivity index (χ0v) is 10.4. The molecule has 2 heterocycles. The van der Waals surface area contributed by atoms with E-state index in [1.807, 2.05) is 0 Å². The van der Waals surface area contributed by atoms with Crippen LogP contribution in [0.2, 0.25) is 0 Å². The Morgan fingerprint density at radius 3 is 2.95 bits per heavy atom. The van der Waals surface area contributed by atoms with Gasteiger partial charge in [0.15, 0.2) is 5.82 Å². The van der Waals surface area contributed by atoms with Crippen LogP contribution in [0.15, 0.2) is 36.7 Å². The molecule has 20 heavy (non-hydrogen) atoms. The number of hydrogen-bond donors (Lipinski definition) is 1. The molecule has 1 atom stereocenters. The fourth-order valence-corrected chi connectivity index (χ4v) is 2.09. The maximum absolute atomic E-state index is 14.1. The van der Waals surface area contributed by atoms with Crippen LogP contribution in [0.5, 0.6) is 0 Å². The van der Waals surface area contributed by atoms with Crippen LogP contribution in [0.1, 0.15) is 0 Å². The molecule has 1 saturated heterocycles. The third kappa shape index (κ3) is 2.12. The minimum atomic E-state index is -0.588. The minimum Gasteiger partial charge on any atom is -0.441 e. The number of carbonyl (C=O) groups is 1. The molecule has 2 aromatic rings. The molecule has 1 fully saturated rings. The lowest BCUT2D eigenvalue weighted by Crippen LogP contribution is -2.25. The summed E-state index contributed by atoms with van der Waals surface area (Å²) < 4.78 is 20.4. The first-order chi connectivity index (χ1) is 9.69. The molecule has 1 N–H and O–H groups in total. The number of rotatable bonds is 3. The lowest BCUT2D eigenvalue weighted by atomic mass is 10.2. The first-order valence-corrected chi connectivity index (χ1v) is 6.07. The Morgan fingerprint density at radius 1 is 1.50 bits per heavy atom. The molecule has 0 aliphatic carbocycles. The van der Waals surface area contributed by atoms with Crippen molar-refractivity contribution in [3.8, 4) is 5.69 Å². The van der Waals surface area contributed by atoms with Gasteiger partial charge in [-0.25, -0.2) is 13.9 Å². The highest BCUT2D eigenvalue weighted by Crippen LogP contribution is 2.25. The molecule has 0 radical (unpaired) electrons. The third-order valence-electron chi connectivity index (χ3n) is 3.07. The number of nitrogens with zero attached hydrogens (tertiary/aromatic N) is 3. The number of ether oxygens (including phenoxy) is 1. The number of amides is 1. The van der Waals surface area contributed by atoms with Gasteiger partial charge in [-0.1, -0.05) is 0 Å². The molecule has 104 valence electrons. The molecule has 0 saturated carbocycles. The highest BCUT2D eigenvalue weighted by Gasteiger charge is 2.32. The smallest absolute Gasteiger partial charge is 0.414 e. The van der Waals surface area contributed by atoms with Gasteiger partial charge in [-0.3, -0.25) is 4.90 Å². The van der Waals surface area contributed by atoms with Crippen LogP contribution in [-0.2, 0) is 4.74 Å².